The topological polar surface area (TPSA) is 83.9 Å². The Hall–Kier alpha value is -3.43. The van der Waals surface area contributed by atoms with Crippen LogP contribution < -0.4 is 9.47 Å². The lowest BCUT2D eigenvalue weighted by Crippen LogP contribution is -2.49. The minimum atomic E-state index is -0.264. The summed E-state index contributed by atoms with van der Waals surface area (Å²) in [5.41, 5.74) is 2.75. The number of methoxy groups -OCH3 is 2. The van der Waals surface area contributed by atoms with Gasteiger partial charge in [-0.05, 0) is 60.4 Å². The lowest BCUT2D eigenvalue weighted by molar-refractivity contribution is -0.145. The van der Waals surface area contributed by atoms with Crippen LogP contribution in [0.3, 0.4) is 0 Å². The van der Waals surface area contributed by atoms with Crippen LogP contribution in [0.4, 0.5) is 0 Å². The van der Waals surface area contributed by atoms with Gasteiger partial charge in [0.25, 0.3) is 5.91 Å². The predicted molar refractivity (Wildman–Crippen MR) is 148 cm³/mol. The Labute approximate surface area is 230 Å². The summed E-state index contributed by atoms with van der Waals surface area (Å²) in [5, 5.41) is 6.40. The van der Waals surface area contributed by atoms with Crippen molar-refractivity contribution in [3.8, 4) is 11.5 Å². The van der Waals surface area contributed by atoms with Crippen molar-refractivity contribution >= 4 is 17.5 Å². The first kappa shape index (κ1) is 27.1. The molecule has 3 aliphatic rings. The van der Waals surface area contributed by atoms with E-state index in [0.717, 1.165) is 67.2 Å². The second kappa shape index (κ2) is 12.6. The summed E-state index contributed by atoms with van der Waals surface area (Å²) >= 11 is 0. The molecule has 2 aromatic rings. The first-order valence-electron chi connectivity index (χ1n) is 13.8. The van der Waals surface area contributed by atoms with E-state index >= 15 is 0 Å². The molecule has 9 nitrogen and oxygen atoms in total. The summed E-state index contributed by atoms with van der Waals surface area (Å²) in [6.07, 6.45) is 3.45. The molecule has 39 heavy (non-hydrogen) atoms. The molecule has 2 heterocycles. The van der Waals surface area contributed by atoms with E-state index in [-0.39, 0.29) is 30.3 Å². The van der Waals surface area contributed by atoms with E-state index < -0.39 is 0 Å². The number of nitrogens with zero attached hydrogens (tertiary/aromatic N) is 4. The van der Waals surface area contributed by atoms with Crippen molar-refractivity contribution in [3.05, 3.63) is 59.7 Å². The third-order valence-electron chi connectivity index (χ3n) is 7.97. The van der Waals surface area contributed by atoms with Crippen molar-refractivity contribution < 1.29 is 23.8 Å². The van der Waals surface area contributed by atoms with Gasteiger partial charge in [0, 0.05) is 38.5 Å². The molecule has 0 spiro atoms. The van der Waals surface area contributed by atoms with Crippen LogP contribution in [0, 0.1) is 5.92 Å². The van der Waals surface area contributed by atoms with Gasteiger partial charge in [-0.25, -0.2) is 5.01 Å². The van der Waals surface area contributed by atoms with Crippen LogP contribution in [-0.2, 0) is 14.3 Å². The van der Waals surface area contributed by atoms with E-state index in [1.807, 2.05) is 48.5 Å². The normalized spacial score (nSPS) is 19.8. The molecule has 2 amide bonds. The largest absolute Gasteiger partial charge is 0.497 e. The fourth-order valence-electron chi connectivity index (χ4n) is 5.29. The van der Waals surface area contributed by atoms with E-state index in [9.17, 15) is 9.59 Å². The fraction of sp³-hybridized carbons (Fsp3) is 0.500. The molecule has 5 rings (SSSR count). The molecule has 9 heteroatoms. The smallest absolute Gasteiger partial charge is 0.262 e. The Bertz CT molecular complexity index is 1160. The Kier molecular flexibility index (Phi) is 8.78. The SMILES string of the molecule is COc1ccc(C2=NN(C(=O)CN(CCN3CCOCC3)C(=O)C3CCC3)C(c3ccc(OC)cc3)C2)cc1. The lowest BCUT2D eigenvalue weighted by Gasteiger charge is -2.34. The third kappa shape index (κ3) is 6.42. The molecule has 208 valence electrons. The highest BCUT2D eigenvalue weighted by Crippen LogP contribution is 2.34. The highest BCUT2D eigenvalue weighted by molar-refractivity contribution is 6.03. The van der Waals surface area contributed by atoms with Crippen molar-refractivity contribution in [2.45, 2.75) is 31.7 Å². The lowest BCUT2D eigenvalue weighted by atomic mass is 9.84. The molecule has 1 atom stereocenters. The minimum absolute atomic E-state index is 0.0196. The number of amides is 2. The standard InChI is InChI=1S/C30H38N4O5/c1-37-25-10-6-22(7-11-25)27-20-28(23-8-12-26(38-2)13-9-23)34(31-27)29(35)21-33(30(36)24-4-3-5-24)15-14-32-16-18-39-19-17-32/h6-13,24,28H,3-5,14-21H2,1-2H3. The second-order valence-corrected chi connectivity index (χ2v) is 10.3. The average Bonchev–Trinajstić information content (AvgIpc) is 3.40. The van der Waals surface area contributed by atoms with Crippen LogP contribution in [0.25, 0.3) is 0 Å². The molecule has 2 aromatic carbocycles. The number of ether oxygens (including phenoxy) is 3. The van der Waals surface area contributed by atoms with Crippen molar-refractivity contribution in [3.63, 3.8) is 0 Å². The highest BCUT2D eigenvalue weighted by atomic mass is 16.5. The molecular weight excluding hydrogens is 496 g/mol. The maximum Gasteiger partial charge on any atom is 0.262 e. The maximum absolute atomic E-state index is 13.9. The zero-order chi connectivity index (χ0) is 27.2. The van der Waals surface area contributed by atoms with Gasteiger partial charge in [-0.1, -0.05) is 18.6 Å². The van der Waals surface area contributed by atoms with Gasteiger partial charge in [0.05, 0.1) is 39.2 Å². The van der Waals surface area contributed by atoms with Gasteiger partial charge in [0.15, 0.2) is 0 Å². The van der Waals surface area contributed by atoms with Gasteiger partial charge in [0.2, 0.25) is 5.91 Å². The van der Waals surface area contributed by atoms with Gasteiger partial charge >= 0.3 is 0 Å². The molecule has 0 radical (unpaired) electrons. The van der Waals surface area contributed by atoms with Gasteiger partial charge in [0.1, 0.15) is 18.0 Å². The van der Waals surface area contributed by atoms with E-state index in [1.165, 1.54) is 0 Å². The van der Waals surface area contributed by atoms with Crippen molar-refractivity contribution in [2.75, 3.05) is 60.2 Å². The number of hydrogen-bond donors (Lipinski definition) is 0. The Balaban J connectivity index is 1.37. The number of morpholine rings is 1. The van der Waals surface area contributed by atoms with Crippen LogP contribution in [0.5, 0.6) is 11.5 Å². The summed E-state index contributed by atoms with van der Waals surface area (Å²) in [6.45, 7) is 4.38. The maximum atomic E-state index is 13.9. The van der Waals surface area contributed by atoms with Gasteiger partial charge in [-0.15, -0.1) is 0 Å². The Morgan fingerprint density at radius 2 is 1.62 bits per heavy atom. The Morgan fingerprint density at radius 1 is 0.974 bits per heavy atom. The van der Waals surface area contributed by atoms with Crippen LogP contribution in [0.2, 0.25) is 0 Å². The molecule has 1 unspecified atom stereocenters. The van der Waals surface area contributed by atoms with E-state index in [1.54, 1.807) is 24.1 Å². The predicted octanol–water partition coefficient (Wildman–Crippen LogP) is 3.34. The number of benzene rings is 2. The van der Waals surface area contributed by atoms with Gasteiger partial charge < -0.3 is 19.1 Å². The number of hydrazone groups is 1. The summed E-state index contributed by atoms with van der Waals surface area (Å²) in [4.78, 5) is 31.3. The molecule has 0 aromatic heterocycles. The molecule has 1 saturated carbocycles. The number of carbonyl (C=O) groups is 2. The van der Waals surface area contributed by atoms with Crippen molar-refractivity contribution in [2.24, 2.45) is 11.0 Å². The van der Waals surface area contributed by atoms with Gasteiger partial charge in [-0.2, -0.15) is 5.10 Å². The van der Waals surface area contributed by atoms with Crippen LogP contribution in [0.15, 0.2) is 53.6 Å². The summed E-state index contributed by atoms with van der Waals surface area (Å²) in [5.74, 6) is 1.46. The van der Waals surface area contributed by atoms with Crippen molar-refractivity contribution in [1.82, 2.24) is 14.8 Å². The van der Waals surface area contributed by atoms with E-state index in [4.69, 9.17) is 19.3 Å². The third-order valence-corrected chi connectivity index (χ3v) is 7.97. The zero-order valence-corrected chi connectivity index (χ0v) is 22.9. The second-order valence-electron chi connectivity index (χ2n) is 10.3. The van der Waals surface area contributed by atoms with Crippen molar-refractivity contribution in [1.29, 1.82) is 0 Å². The minimum Gasteiger partial charge on any atom is -0.497 e. The van der Waals surface area contributed by atoms with E-state index in [2.05, 4.69) is 4.90 Å². The monoisotopic (exact) mass is 534 g/mol. The first-order chi connectivity index (χ1) is 19.1. The molecular formula is C30H38N4O5. The Morgan fingerprint density at radius 3 is 2.21 bits per heavy atom. The summed E-state index contributed by atoms with van der Waals surface area (Å²) in [6, 6.07) is 15.2. The van der Waals surface area contributed by atoms with Gasteiger partial charge in [-0.3, -0.25) is 14.5 Å². The number of hydrogen-bond acceptors (Lipinski definition) is 7. The van der Waals surface area contributed by atoms with Crippen LogP contribution in [0.1, 0.15) is 42.9 Å². The summed E-state index contributed by atoms with van der Waals surface area (Å²) in [7, 11) is 3.27. The zero-order valence-electron chi connectivity index (χ0n) is 22.9. The molecule has 0 bridgehead atoms. The summed E-state index contributed by atoms with van der Waals surface area (Å²) < 4.78 is 16.1. The fourth-order valence-corrected chi connectivity index (χ4v) is 5.29. The quantitative estimate of drug-likeness (QED) is 0.465. The molecule has 1 saturated heterocycles. The first-order valence-corrected chi connectivity index (χ1v) is 13.8. The number of rotatable bonds is 10. The number of carbonyl (C=O) groups excluding carboxylic acids is 2. The molecule has 1 aliphatic carbocycles. The van der Waals surface area contributed by atoms with Crippen LogP contribution >= 0.6 is 0 Å². The highest BCUT2D eigenvalue weighted by Gasteiger charge is 2.36. The molecule has 0 N–H and O–H groups in total. The van der Waals surface area contributed by atoms with E-state index in [0.29, 0.717) is 26.2 Å². The van der Waals surface area contributed by atoms with Crippen LogP contribution in [-0.4, -0.2) is 92.5 Å². The average molecular weight is 535 g/mol. The molecule has 2 fully saturated rings. The molecule has 2 aliphatic heterocycles.